The number of aliphatic hydroxyl groups excluding tert-OH is 1. The molecule has 0 aliphatic carbocycles. The topological polar surface area (TPSA) is 38.7 Å². The molecule has 0 spiro atoms. The van der Waals surface area contributed by atoms with Gasteiger partial charge in [0, 0.05) is 6.07 Å². The van der Waals surface area contributed by atoms with Crippen LogP contribution in [0.3, 0.4) is 0 Å². The Balaban J connectivity index is 2.79. The Hall–Kier alpha value is -1.29. The Bertz CT molecular complexity index is 276. The maximum absolute atomic E-state index is 12.7. The quantitative estimate of drug-likeness (QED) is 0.768. The normalized spacial score (nSPS) is 9.77. The molecule has 0 radical (unpaired) electrons. The molecule has 1 N–H and O–H groups in total. The zero-order valence-corrected chi connectivity index (χ0v) is 7.29. The minimum Gasteiger partial charge on any atom is -0.493 e. The van der Waals surface area contributed by atoms with Crippen LogP contribution in [0.4, 0.5) is 4.39 Å². The highest BCUT2D eigenvalue weighted by atomic mass is 19.1. The molecule has 4 heteroatoms. The summed E-state index contributed by atoms with van der Waals surface area (Å²) in [6.45, 7) is 0.0858. The molecule has 1 aromatic carbocycles. The second kappa shape index (κ2) is 4.67. The van der Waals surface area contributed by atoms with Crippen molar-refractivity contribution in [2.24, 2.45) is 0 Å². The second-order valence-corrected chi connectivity index (χ2v) is 2.37. The van der Waals surface area contributed by atoms with Crippen molar-refractivity contribution in [3.8, 4) is 11.5 Å². The van der Waals surface area contributed by atoms with E-state index in [1.54, 1.807) is 0 Å². The first-order chi connectivity index (χ1) is 6.27. The lowest BCUT2D eigenvalue weighted by Gasteiger charge is -2.08. The highest BCUT2D eigenvalue weighted by molar-refractivity contribution is 5.39. The highest BCUT2D eigenvalue weighted by Crippen LogP contribution is 2.27. The SMILES string of the molecule is COc1cc(F)ccc1OCCO. The van der Waals surface area contributed by atoms with Gasteiger partial charge in [0.15, 0.2) is 11.5 Å². The van der Waals surface area contributed by atoms with E-state index in [1.165, 1.54) is 25.3 Å². The zero-order chi connectivity index (χ0) is 9.68. The van der Waals surface area contributed by atoms with Crippen molar-refractivity contribution in [2.45, 2.75) is 0 Å². The van der Waals surface area contributed by atoms with Crippen molar-refractivity contribution >= 4 is 0 Å². The molecule has 72 valence electrons. The van der Waals surface area contributed by atoms with Crippen LogP contribution in [-0.2, 0) is 0 Å². The van der Waals surface area contributed by atoms with Crippen molar-refractivity contribution in [1.82, 2.24) is 0 Å². The minimum absolute atomic E-state index is 0.0828. The zero-order valence-electron chi connectivity index (χ0n) is 7.29. The smallest absolute Gasteiger partial charge is 0.163 e. The third-order valence-corrected chi connectivity index (χ3v) is 1.47. The van der Waals surface area contributed by atoms with Gasteiger partial charge in [-0.3, -0.25) is 0 Å². The van der Waals surface area contributed by atoms with E-state index in [1.807, 2.05) is 0 Å². The van der Waals surface area contributed by atoms with Gasteiger partial charge in [-0.2, -0.15) is 0 Å². The van der Waals surface area contributed by atoms with Crippen molar-refractivity contribution in [1.29, 1.82) is 0 Å². The first kappa shape index (κ1) is 9.80. The molecular formula is C9H11FO3. The highest BCUT2D eigenvalue weighted by Gasteiger charge is 2.04. The van der Waals surface area contributed by atoms with Crippen LogP contribution in [0.25, 0.3) is 0 Å². The fourth-order valence-corrected chi connectivity index (χ4v) is 0.916. The number of rotatable bonds is 4. The molecular weight excluding hydrogens is 175 g/mol. The van der Waals surface area contributed by atoms with Gasteiger partial charge in [-0.15, -0.1) is 0 Å². The maximum atomic E-state index is 12.7. The number of hydrogen-bond acceptors (Lipinski definition) is 3. The Labute approximate surface area is 75.7 Å². The van der Waals surface area contributed by atoms with Crippen LogP contribution in [0.1, 0.15) is 0 Å². The van der Waals surface area contributed by atoms with Gasteiger partial charge < -0.3 is 14.6 Å². The van der Waals surface area contributed by atoms with Crippen molar-refractivity contribution in [3.63, 3.8) is 0 Å². The first-order valence-electron chi connectivity index (χ1n) is 3.85. The Morgan fingerprint density at radius 2 is 2.15 bits per heavy atom. The molecule has 3 nitrogen and oxygen atoms in total. The summed E-state index contributed by atoms with van der Waals surface area (Å²) < 4.78 is 22.6. The largest absolute Gasteiger partial charge is 0.493 e. The van der Waals surface area contributed by atoms with E-state index < -0.39 is 0 Å². The molecule has 0 bridgehead atoms. The van der Waals surface area contributed by atoms with Gasteiger partial charge in [-0.05, 0) is 12.1 Å². The van der Waals surface area contributed by atoms with Crippen LogP contribution in [0.5, 0.6) is 11.5 Å². The molecule has 0 fully saturated rings. The predicted molar refractivity (Wildman–Crippen MR) is 45.5 cm³/mol. The van der Waals surface area contributed by atoms with Gasteiger partial charge in [0.1, 0.15) is 12.4 Å². The molecule has 0 aromatic heterocycles. The average molecular weight is 186 g/mol. The summed E-state index contributed by atoms with van der Waals surface area (Å²) in [5, 5.41) is 8.51. The van der Waals surface area contributed by atoms with E-state index in [0.29, 0.717) is 11.5 Å². The molecule has 0 atom stereocenters. The van der Waals surface area contributed by atoms with Gasteiger partial charge in [0.05, 0.1) is 13.7 Å². The fourth-order valence-electron chi connectivity index (χ4n) is 0.916. The van der Waals surface area contributed by atoms with Crippen LogP contribution in [0.15, 0.2) is 18.2 Å². The van der Waals surface area contributed by atoms with Crippen molar-refractivity contribution in [2.75, 3.05) is 20.3 Å². The second-order valence-electron chi connectivity index (χ2n) is 2.37. The number of hydrogen-bond donors (Lipinski definition) is 1. The lowest BCUT2D eigenvalue weighted by molar-refractivity contribution is 0.196. The molecule has 0 amide bonds. The van der Waals surface area contributed by atoms with Crippen molar-refractivity contribution < 1.29 is 19.0 Å². The molecule has 0 aliphatic rings. The van der Waals surface area contributed by atoms with Gasteiger partial charge in [-0.1, -0.05) is 0 Å². The molecule has 13 heavy (non-hydrogen) atoms. The summed E-state index contributed by atoms with van der Waals surface area (Å²) in [5.74, 6) is 0.375. The summed E-state index contributed by atoms with van der Waals surface area (Å²) in [4.78, 5) is 0. The summed E-state index contributed by atoms with van der Waals surface area (Å²) in [5.41, 5.74) is 0. The van der Waals surface area contributed by atoms with Crippen LogP contribution < -0.4 is 9.47 Å². The summed E-state index contributed by atoms with van der Waals surface area (Å²) in [6, 6.07) is 3.96. The maximum Gasteiger partial charge on any atom is 0.163 e. The summed E-state index contributed by atoms with van der Waals surface area (Å²) in [6.07, 6.45) is 0. The molecule has 1 rings (SSSR count). The number of methoxy groups -OCH3 is 1. The van der Waals surface area contributed by atoms with Crippen LogP contribution >= 0.6 is 0 Å². The van der Waals surface area contributed by atoms with E-state index in [4.69, 9.17) is 14.6 Å². The molecule has 0 saturated carbocycles. The molecule has 0 saturated heterocycles. The summed E-state index contributed by atoms with van der Waals surface area (Å²) >= 11 is 0. The van der Waals surface area contributed by atoms with E-state index in [-0.39, 0.29) is 19.0 Å². The van der Waals surface area contributed by atoms with Crippen LogP contribution in [-0.4, -0.2) is 25.4 Å². The van der Waals surface area contributed by atoms with Crippen molar-refractivity contribution in [3.05, 3.63) is 24.0 Å². The lowest BCUT2D eigenvalue weighted by atomic mass is 10.3. The Kier molecular flexibility index (Phi) is 3.52. The molecule has 0 heterocycles. The Morgan fingerprint density at radius 3 is 2.77 bits per heavy atom. The van der Waals surface area contributed by atoms with Gasteiger partial charge in [-0.25, -0.2) is 4.39 Å². The van der Waals surface area contributed by atoms with E-state index in [0.717, 1.165) is 0 Å². The van der Waals surface area contributed by atoms with Crippen LogP contribution in [0.2, 0.25) is 0 Å². The first-order valence-corrected chi connectivity index (χ1v) is 3.85. The fraction of sp³-hybridized carbons (Fsp3) is 0.333. The van der Waals surface area contributed by atoms with Gasteiger partial charge in [0.25, 0.3) is 0 Å². The predicted octanol–water partition coefficient (Wildman–Crippen LogP) is 1.21. The van der Waals surface area contributed by atoms with E-state index in [2.05, 4.69) is 0 Å². The standard InChI is InChI=1S/C9H11FO3/c1-12-9-6-7(10)2-3-8(9)13-5-4-11/h2-3,6,11H,4-5H2,1H3. The number of halogens is 1. The van der Waals surface area contributed by atoms with E-state index >= 15 is 0 Å². The molecule has 0 unspecified atom stereocenters. The molecule has 0 aliphatic heterocycles. The minimum atomic E-state index is -0.381. The molecule has 1 aromatic rings. The third kappa shape index (κ3) is 2.59. The van der Waals surface area contributed by atoms with Gasteiger partial charge >= 0.3 is 0 Å². The summed E-state index contributed by atoms with van der Waals surface area (Å²) in [7, 11) is 1.43. The third-order valence-electron chi connectivity index (χ3n) is 1.47. The average Bonchev–Trinajstić information content (AvgIpc) is 2.16. The number of benzene rings is 1. The number of aliphatic hydroxyl groups is 1. The lowest BCUT2D eigenvalue weighted by Crippen LogP contribution is -2.03. The van der Waals surface area contributed by atoms with E-state index in [9.17, 15) is 4.39 Å². The monoisotopic (exact) mass is 186 g/mol. The number of ether oxygens (including phenoxy) is 2. The Morgan fingerprint density at radius 1 is 1.38 bits per heavy atom. The van der Waals surface area contributed by atoms with Crippen LogP contribution in [0, 0.1) is 5.82 Å². The van der Waals surface area contributed by atoms with Gasteiger partial charge in [0.2, 0.25) is 0 Å².